The van der Waals surface area contributed by atoms with Crippen molar-refractivity contribution >= 4 is 5.97 Å². The summed E-state index contributed by atoms with van der Waals surface area (Å²) in [5, 5.41) is 0. The van der Waals surface area contributed by atoms with E-state index in [1.54, 1.807) is 11.1 Å². The van der Waals surface area contributed by atoms with Crippen molar-refractivity contribution in [1.82, 2.24) is 0 Å². The largest absolute Gasteiger partial charge is 0.462 e. The lowest BCUT2D eigenvalue weighted by molar-refractivity contribution is -0.150. The molecule has 0 heterocycles. The monoisotopic (exact) mass is 454 g/mol. The van der Waals surface area contributed by atoms with Crippen LogP contribution in [0.25, 0.3) is 0 Å². The van der Waals surface area contributed by atoms with Crippen LogP contribution in [0.4, 0.5) is 0 Å². The fourth-order valence-corrected chi connectivity index (χ4v) is 8.54. The van der Waals surface area contributed by atoms with Gasteiger partial charge < -0.3 is 4.74 Å². The molecule has 4 rings (SSSR count). The van der Waals surface area contributed by atoms with Gasteiger partial charge in [0, 0.05) is 12.8 Å². The summed E-state index contributed by atoms with van der Waals surface area (Å²) in [5.41, 5.74) is 4.11. The molecular weight excluding hydrogens is 404 g/mol. The van der Waals surface area contributed by atoms with Crippen molar-refractivity contribution in [2.24, 2.45) is 40.4 Å². The molecule has 4 aliphatic carbocycles. The van der Waals surface area contributed by atoms with Gasteiger partial charge in [-0.25, -0.2) is 0 Å². The topological polar surface area (TPSA) is 26.3 Å². The molecule has 7 atom stereocenters. The van der Waals surface area contributed by atoms with E-state index < -0.39 is 0 Å². The Morgan fingerprint density at radius 2 is 1.82 bits per heavy atom. The normalized spacial score (nSPS) is 38.6. The molecule has 3 fully saturated rings. The van der Waals surface area contributed by atoms with Crippen molar-refractivity contribution in [2.75, 3.05) is 0 Å². The minimum absolute atomic E-state index is 0.00770. The molecular formula is C31H50O2. The van der Waals surface area contributed by atoms with E-state index in [2.05, 4.69) is 46.8 Å². The Morgan fingerprint density at radius 1 is 1.03 bits per heavy atom. The third-order valence-corrected chi connectivity index (χ3v) is 10.5. The molecule has 0 aromatic rings. The van der Waals surface area contributed by atoms with E-state index >= 15 is 0 Å². The van der Waals surface area contributed by atoms with E-state index in [4.69, 9.17) is 4.74 Å². The Balaban J connectivity index is 1.47. The first-order chi connectivity index (χ1) is 15.7. The maximum atomic E-state index is 12.1. The van der Waals surface area contributed by atoms with Gasteiger partial charge >= 0.3 is 5.97 Å². The van der Waals surface area contributed by atoms with Gasteiger partial charge in [-0.2, -0.15) is 0 Å². The molecule has 4 aliphatic rings. The number of hydrogen-bond acceptors (Lipinski definition) is 2. The Labute approximate surface area is 204 Å². The van der Waals surface area contributed by atoms with Crippen LogP contribution in [0.15, 0.2) is 23.3 Å². The van der Waals surface area contributed by atoms with Gasteiger partial charge in [-0.15, -0.1) is 0 Å². The summed E-state index contributed by atoms with van der Waals surface area (Å²) in [5.74, 6) is 4.06. The highest BCUT2D eigenvalue weighted by Crippen LogP contribution is 2.66. The molecule has 0 aliphatic heterocycles. The molecule has 0 saturated heterocycles. The van der Waals surface area contributed by atoms with Gasteiger partial charge in [-0.05, 0) is 85.4 Å². The van der Waals surface area contributed by atoms with E-state index in [1.165, 1.54) is 51.4 Å². The lowest BCUT2D eigenvalue weighted by Crippen LogP contribution is -2.46. The van der Waals surface area contributed by atoms with Crippen molar-refractivity contribution in [1.29, 1.82) is 0 Å². The van der Waals surface area contributed by atoms with Crippen LogP contribution in [-0.4, -0.2) is 12.1 Å². The van der Waals surface area contributed by atoms with Crippen molar-refractivity contribution in [2.45, 2.75) is 125 Å². The number of rotatable bonds is 8. The molecule has 0 radical (unpaired) electrons. The second-order valence-corrected chi connectivity index (χ2v) is 13.0. The summed E-state index contributed by atoms with van der Waals surface area (Å²) in [6.45, 7) is 14.5. The van der Waals surface area contributed by atoms with Crippen LogP contribution in [0.5, 0.6) is 0 Å². The first-order valence-electron chi connectivity index (χ1n) is 14.3. The molecule has 2 nitrogen and oxygen atoms in total. The SMILES string of the molecule is CCCC(=O)O[C@H]1CC[C@]2(C)C(=CC=C3[C@@H]4CC[C@H]([C@H](C)CCCC(C)C)[C@@]4(C)CC[C@@H]32)C1. The number of hydrogen-bond donors (Lipinski definition) is 0. The van der Waals surface area contributed by atoms with E-state index in [0.717, 1.165) is 42.9 Å². The van der Waals surface area contributed by atoms with E-state index in [0.29, 0.717) is 17.8 Å². The molecule has 0 aromatic carbocycles. The van der Waals surface area contributed by atoms with Crippen molar-refractivity contribution in [3.05, 3.63) is 23.3 Å². The molecule has 0 amide bonds. The number of esters is 1. The zero-order chi connectivity index (χ0) is 23.8. The number of carbonyl (C=O) groups excluding carboxylic acids is 1. The van der Waals surface area contributed by atoms with Crippen LogP contribution in [0.2, 0.25) is 0 Å². The number of carbonyl (C=O) groups is 1. The van der Waals surface area contributed by atoms with Crippen LogP contribution in [-0.2, 0) is 9.53 Å². The van der Waals surface area contributed by atoms with E-state index in [1.807, 2.05) is 6.92 Å². The highest BCUT2D eigenvalue weighted by atomic mass is 16.5. The Hall–Kier alpha value is -1.05. The number of allylic oxidation sites excluding steroid dienone is 3. The summed E-state index contributed by atoms with van der Waals surface area (Å²) in [6, 6.07) is 0. The van der Waals surface area contributed by atoms with Crippen molar-refractivity contribution in [3.8, 4) is 0 Å². The van der Waals surface area contributed by atoms with Gasteiger partial charge in [0.2, 0.25) is 0 Å². The molecule has 0 bridgehead atoms. The lowest BCUT2D eigenvalue weighted by atomic mass is 9.50. The van der Waals surface area contributed by atoms with Gasteiger partial charge in [0.1, 0.15) is 6.10 Å². The fraction of sp³-hybridized carbons (Fsp3) is 0.839. The number of ether oxygens (including phenoxy) is 1. The molecule has 0 N–H and O–H groups in total. The Morgan fingerprint density at radius 3 is 2.55 bits per heavy atom. The average Bonchev–Trinajstić information content (AvgIpc) is 3.11. The second-order valence-electron chi connectivity index (χ2n) is 13.0. The average molecular weight is 455 g/mol. The van der Waals surface area contributed by atoms with Crippen LogP contribution in [0, 0.1) is 40.4 Å². The van der Waals surface area contributed by atoms with Crippen molar-refractivity contribution in [3.63, 3.8) is 0 Å². The number of fused-ring (bicyclic) bond motifs is 5. The Kier molecular flexibility index (Phi) is 7.52. The van der Waals surface area contributed by atoms with E-state index in [-0.39, 0.29) is 17.5 Å². The van der Waals surface area contributed by atoms with Gasteiger partial charge in [0.15, 0.2) is 0 Å². The molecule has 186 valence electrons. The minimum Gasteiger partial charge on any atom is -0.462 e. The lowest BCUT2D eigenvalue weighted by Gasteiger charge is -2.55. The van der Waals surface area contributed by atoms with Gasteiger partial charge in [0.25, 0.3) is 0 Å². The first-order valence-corrected chi connectivity index (χ1v) is 14.3. The van der Waals surface area contributed by atoms with Gasteiger partial charge in [-0.1, -0.05) is 84.1 Å². The van der Waals surface area contributed by atoms with Crippen molar-refractivity contribution < 1.29 is 9.53 Å². The zero-order valence-corrected chi connectivity index (χ0v) is 22.4. The summed E-state index contributed by atoms with van der Waals surface area (Å²) in [6.07, 6.45) is 19.4. The third-order valence-electron chi connectivity index (χ3n) is 10.5. The smallest absolute Gasteiger partial charge is 0.306 e. The third kappa shape index (κ3) is 4.74. The summed E-state index contributed by atoms with van der Waals surface area (Å²) < 4.78 is 5.83. The standard InChI is InChI=1S/C31H50O2/c1-7-9-29(32)33-24-16-18-30(5)23(20-24)12-13-25-27-15-14-26(22(4)11-8-10-21(2)3)31(27,6)19-17-28(25)30/h12-13,21-22,24,26-28H,7-11,14-20H2,1-6H3/t22-,24+,26-,27+,28+,30-,31-/m1/s1. The van der Waals surface area contributed by atoms with Crippen LogP contribution < -0.4 is 0 Å². The molecule has 0 spiro atoms. The predicted molar refractivity (Wildman–Crippen MR) is 138 cm³/mol. The summed E-state index contributed by atoms with van der Waals surface area (Å²) in [4.78, 5) is 12.1. The van der Waals surface area contributed by atoms with Crippen LogP contribution >= 0.6 is 0 Å². The predicted octanol–water partition coefficient (Wildman–Crippen LogP) is 8.66. The van der Waals surface area contributed by atoms with Gasteiger partial charge in [0.05, 0.1) is 0 Å². The minimum atomic E-state index is -0.00770. The molecule has 0 unspecified atom stereocenters. The molecule has 3 saturated carbocycles. The quantitative estimate of drug-likeness (QED) is 0.343. The highest BCUT2D eigenvalue weighted by Gasteiger charge is 2.57. The second kappa shape index (κ2) is 9.90. The van der Waals surface area contributed by atoms with Crippen LogP contribution in [0.3, 0.4) is 0 Å². The first kappa shape index (κ1) is 25.1. The van der Waals surface area contributed by atoms with Crippen LogP contribution in [0.1, 0.15) is 119 Å². The molecule has 2 heteroatoms. The zero-order valence-electron chi connectivity index (χ0n) is 22.4. The molecule has 33 heavy (non-hydrogen) atoms. The van der Waals surface area contributed by atoms with E-state index in [9.17, 15) is 4.79 Å². The maximum absolute atomic E-state index is 12.1. The maximum Gasteiger partial charge on any atom is 0.306 e. The molecule has 0 aromatic heterocycles. The Bertz CT molecular complexity index is 776. The summed E-state index contributed by atoms with van der Waals surface area (Å²) in [7, 11) is 0. The summed E-state index contributed by atoms with van der Waals surface area (Å²) >= 11 is 0. The van der Waals surface area contributed by atoms with Gasteiger partial charge in [-0.3, -0.25) is 4.79 Å². The fourth-order valence-electron chi connectivity index (χ4n) is 8.54. The highest BCUT2D eigenvalue weighted by molar-refractivity contribution is 5.69.